The van der Waals surface area contributed by atoms with Gasteiger partial charge in [0.05, 0.1) is 5.69 Å². The van der Waals surface area contributed by atoms with E-state index in [1.165, 1.54) is 11.3 Å². The van der Waals surface area contributed by atoms with Crippen molar-refractivity contribution in [3.63, 3.8) is 0 Å². The number of aryl methyl sites for hydroxylation is 3. The van der Waals surface area contributed by atoms with Crippen LogP contribution in [0.25, 0.3) is 10.6 Å². The van der Waals surface area contributed by atoms with Crippen molar-refractivity contribution in [1.82, 2.24) is 10.1 Å². The van der Waals surface area contributed by atoms with Gasteiger partial charge in [0.2, 0.25) is 0 Å². The SMILES string of the molecule is Cc1nc(-c2ccccc2)sc1C(=O)Nc1c(C)noc1C. The molecule has 112 valence electrons. The van der Waals surface area contributed by atoms with Gasteiger partial charge in [-0.05, 0) is 20.8 Å². The molecular weight excluding hydrogens is 298 g/mol. The second kappa shape index (κ2) is 5.73. The number of benzene rings is 1. The van der Waals surface area contributed by atoms with Crippen molar-refractivity contribution in [1.29, 1.82) is 0 Å². The third-order valence-corrected chi connectivity index (χ3v) is 4.50. The molecule has 0 atom stereocenters. The molecule has 0 aliphatic heterocycles. The quantitative estimate of drug-likeness (QED) is 0.794. The largest absolute Gasteiger partial charge is 0.359 e. The Morgan fingerprint density at radius 2 is 1.86 bits per heavy atom. The highest BCUT2D eigenvalue weighted by atomic mass is 32.1. The Labute approximate surface area is 132 Å². The summed E-state index contributed by atoms with van der Waals surface area (Å²) in [5, 5.41) is 7.53. The molecule has 1 N–H and O–H groups in total. The summed E-state index contributed by atoms with van der Waals surface area (Å²) in [4.78, 5) is 17.6. The Morgan fingerprint density at radius 3 is 2.50 bits per heavy atom. The summed E-state index contributed by atoms with van der Waals surface area (Å²) in [6.07, 6.45) is 0. The molecule has 0 saturated heterocycles. The smallest absolute Gasteiger partial charge is 0.267 e. The fraction of sp³-hybridized carbons (Fsp3) is 0.188. The minimum atomic E-state index is -0.188. The molecule has 0 aliphatic rings. The van der Waals surface area contributed by atoms with Crippen LogP contribution >= 0.6 is 11.3 Å². The van der Waals surface area contributed by atoms with Crippen LogP contribution in [0.2, 0.25) is 0 Å². The molecule has 2 heterocycles. The zero-order valence-corrected chi connectivity index (χ0v) is 13.3. The fourth-order valence-corrected chi connectivity index (χ4v) is 3.11. The molecule has 3 rings (SSSR count). The molecule has 6 heteroatoms. The second-order valence-corrected chi connectivity index (χ2v) is 5.95. The Kier molecular flexibility index (Phi) is 3.77. The number of nitrogens with zero attached hydrogens (tertiary/aromatic N) is 2. The van der Waals surface area contributed by atoms with Crippen molar-refractivity contribution in [2.24, 2.45) is 0 Å². The summed E-state index contributed by atoms with van der Waals surface area (Å²) >= 11 is 1.38. The van der Waals surface area contributed by atoms with E-state index in [0.29, 0.717) is 27.7 Å². The number of carbonyl (C=O) groups is 1. The maximum Gasteiger partial charge on any atom is 0.267 e. The van der Waals surface area contributed by atoms with Gasteiger partial charge in [-0.2, -0.15) is 0 Å². The molecule has 1 amide bonds. The van der Waals surface area contributed by atoms with Gasteiger partial charge in [-0.3, -0.25) is 4.79 Å². The van der Waals surface area contributed by atoms with Gasteiger partial charge in [-0.1, -0.05) is 35.5 Å². The first kappa shape index (κ1) is 14.5. The van der Waals surface area contributed by atoms with Crippen LogP contribution in [0.1, 0.15) is 26.8 Å². The average molecular weight is 313 g/mol. The van der Waals surface area contributed by atoms with E-state index in [1.807, 2.05) is 37.3 Å². The molecule has 2 aromatic heterocycles. The van der Waals surface area contributed by atoms with E-state index in [4.69, 9.17) is 4.52 Å². The van der Waals surface area contributed by atoms with Crippen molar-refractivity contribution in [2.75, 3.05) is 5.32 Å². The molecule has 0 unspecified atom stereocenters. The number of nitrogens with one attached hydrogen (secondary N) is 1. The van der Waals surface area contributed by atoms with Crippen molar-refractivity contribution < 1.29 is 9.32 Å². The zero-order chi connectivity index (χ0) is 15.7. The van der Waals surface area contributed by atoms with Gasteiger partial charge in [0.15, 0.2) is 5.76 Å². The minimum Gasteiger partial charge on any atom is -0.359 e. The lowest BCUT2D eigenvalue weighted by Crippen LogP contribution is -2.12. The molecule has 1 aromatic carbocycles. The second-order valence-electron chi connectivity index (χ2n) is 4.95. The van der Waals surface area contributed by atoms with Gasteiger partial charge in [0, 0.05) is 5.56 Å². The average Bonchev–Trinajstić information content (AvgIpc) is 3.05. The third kappa shape index (κ3) is 2.65. The summed E-state index contributed by atoms with van der Waals surface area (Å²) < 4.78 is 5.06. The van der Waals surface area contributed by atoms with Gasteiger partial charge in [0.25, 0.3) is 5.91 Å². The molecule has 3 aromatic rings. The van der Waals surface area contributed by atoms with E-state index >= 15 is 0 Å². The normalized spacial score (nSPS) is 10.7. The van der Waals surface area contributed by atoms with Gasteiger partial charge < -0.3 is 9.84 Å². The van der Waals surface area contributed by atoms with Gasteiger partial charge in [0.1, 0.15) is 21.3 Å². The Bertz CT molecular complexity index is 802. The summed E-state index contributed by atoms with van der Waals surface area (Å²) in [5.74, 6) is 0.405. The van der Waals surface area contributed by atoms with E-state index < -0.39 is 0 Å². The van der Waals surface area contributed by atoms with Crippen molar-refractivity contribution in [3.05, 3.63) is 52.4 Å². The number of hydrogen-bond donors (Lipinski definition) is 1. The highest BCUT2D eigenvalue weighted by molar-refractivity contribution is 7.17. The number of rotatable bonds is 3. The predicted molar refractivity (Wildman–Crippen MR) is 86.2 cm³/mol. The van der Waals surface area contributed by atoms with Crippen LogP contribution in [-0.4, -0.2) is 16.0 Å². The van der Waals surface area contributed by atoms with Crippen LogP contribution in [-0.2, 0) is 0 Å². The fourth-order valence-electron chi connectivity index (χ4n) is 2.14. The molecule has 0 aliphatic carbocycles. The van der Waals surface area contributed by atoms with Crippen LogP contribution in [0.5, 0.6) is 0 Å². The number of anilines is 1. The number of amides is 1. The Morgan fingerprint density at radius 1 is 1.14 bits per heavy atom. The summed E-state index contributed by atoms with van der Waals surface area (Å²) in [6.45, 7) is 5.40. The summed E-state index contributed by atoms with van der Waals surface area (Å²) in [6, 6.07) is 9.82. The molecule has 0 radical (unpaired) electrons. The molecule has 0 fully saturated rings. The van der Waals surface area contributed by atoms with E-state index in [1.54, 1.807) is 13.8 Å². The monoisotopic (exact) mass is 313 g/mol. The molecule has 0 bridgehead atoms. The third-order valence-electron chi connectivity index (χ3n) is 3.30. The molecule has 5 nitrogen and oxygen atoms in total. The molecule has 22 heavy (non-hydrogen) atoms. The van der Waals surface area contributed by atoms with E-state index in [9.17, 15) is 4.79 Å². The lowest BCUT2D eigenvalue weighted by atomic mass is 10.2. The molecule has 0 saturated carbocycles. The Balaban J connectivity index is 1.89. The van der Waals surface area contributed by atoms with Crippen molar-refractivity contribution in [2.45, 2.75) is 20.8 Å². The first-order valence-corrected chi connectivity index (χ1v) is 7.65. The number of hydrogen-bond acceptors (Lipinski definition) is 5. The topological polar surface area (TPSA) is 68.0 Å². The lowest BCUT2D eigenvalue weighted by Gasteiger charge is -2.02. The summed E-state index contributed by atoms with van der Waals surface area (Å²) in [5.41, 5.74) is 3.01. The van der Waals surface area contributed by atoms with Crippen LogP contribution in [0.15, 0.2) is 34.9 Å². The summed E-state index contributed by atoms with van der Waals surface area (Å²) in [7, 11) is 0. The molecular formula is C16H15N3O2S. The van der Waals surface area contributed by atoms with E-state index in [2.05, 4.69) is 15.5 Å². The highest BCUT2D eigenvalue weighted by Crippen LogP contribution is 2.29. The van der Waals surface area contributed by atoms with E-state index in [-0.39, 0.29) is 5.91 Å². The lowest BCUT2D eigenvalue weighted by molar-refractivity contribution is 0.102. The standard InChI is InChI=1S/C16H15N3O2S/c1-9-13(11(3)21-19-9)18-15(20)14-10(2)17-16(22-14)12-7-5-4-6-8-12/h4-8H,1-3H3,(H,18,20). The zero-order valence-electron chi connectivity index (χ0n) is 12.5. The van der Waals surface area contributed by atoms with E-state index in [0.717, 1.165) is 10.6 Å². The maximum absolute atomic E-state index is 12.5. The highest BCUT2D eigenvalue weighted by Gasteiger charge is 2.19. The van der Waals surface area contributed by atoms with Crippen LogP contribution < -0.4 is 5.32 Å². The molecule has 0 spiro atoms. The number of aromatic nitrogens is 2. The van der Waals surface area contributed by atoms with Crippen LogP contribution in [0.3, 0.4) is 0 Å². The van der Waals surface area contributed by atoms with Gasteiger partial charge in [-0.15, -0.1) is 11.3 Å². The maximum atomic E-state index is 12.5. The Hall–Kier alpha value is -2.47. The first-order valence-electron chi connectivity index (χ1n) is 6.83. The predicted octanol–water partition coefficient (Wildman–Crippen LogP) is 3.98. The number of carbonyl (C=O) groups excluding carboxylic acids is 1. The van der Waals surface area contributed by atoms with Gasteiger partial charge in [-0.25, -0.2) is 4.98 Å². The van der Waals surface area contributed by atoms with Crippen LogP contribution in [0, 0.1) is 20.8 Å². The number of thiazole rings is 1. The van der Waals surface area contributed by atoms with Crippen LogP contribution in [0.4, 0.5) is 5.69 Å². The first-order chi connectivity index (χ1) is 10.6. The van der Waals surface area contributed by atoms with Crippen molar-refractivity contribution >= 4 is 22.9 Å². The van der Waals surface area contributed by atoms with Crippen molar-refractivity contribution in [3.8, 4) is 10.6 Å². The van der Waals surface area contributed by atoms with Gasteiger partial charge >= 0.3 is 0 Å². The minimum absolute atomic E-state index is 0.188.